The van der Waals surface area contributed by atoms with Gasteiger partial charge in [0, 0.05) is 12.6 Å². The quantitative estimate of drug-likeness (QED) is 0.814. The zero-order chi connectivity index (χ0) is 13.1. The summed E-state index contributed by atoms with van der Waals surface area (Å²) in [6.45, 7) is -0.295. The first kappa shape index (κ1) is 13.2. The number of hydrogen-bond donors (Lipinski definition) is 1. The molecule has 0 saturated carbocycles. The highest BCUT2D eigenvalue weighted by atomic mass is 19.4. The summed E-state index contributed by atoms with van der Waals surface area (Å²) in [7, 11) is 1.20. The summed E-state index contributed by atoms with van der Waals surface area (Å²) >= 11 is 0. The fourth-order valence-electron chi connectivity index (χ4n) is 1.14. The fraction of sp³-hybridized carbons (Fsp3) is 0.333. The monoisotopic (exact) mass is 250 g/mol. The van der Waals surface area contributed by atoms with Crippen molar-refractivity contribution in [2.24, 2.45) is 5.73 Å². The molecular formula is C9H9F3N2O3. The van der Waals surface area contributed by atoms with Crippen molar-refractivity contribution < 1.29 is 27.4 Å². The predicted molar refractivity (Wildman–Crippen MR) is 50.8 cm³/mol. The van der Waals surface area contributed by atoms with Crippen LogP contribution in [0.15, 0.2) is 6.07 Å². The molecule has 2 N–H and O–H groups in total. The van der Waals surface area contributed by atoms with Crippen LogP contribution in [0.2, 0.25) is 0 Å². The van der Waals surface area contributed by atoms with E-state index in [0.29, 0.717) is 6.29 Å². The standard InChI is InChI=1S/C9H9F3N2O3/c1-16-7-2-8(17-9(10,11)12)5(3-13)14-6(7)4-15/h2,4H,3,13H2,1H3. The lowest BCUT2D eigenvalue weighted by atomic mass is 10.2. The Hall–Kier alpha value is -1.83. The Morgan fingerprint density at radius 1 is 1.47 bits per heavy atom. The third-order valence-electron chi connectivity index (χ3n) is 1.81. The van der Waals surface area contributed by atoms with Crippen molar-refractivity contribution in [2.75, 3.05) is 7.11 Å². The number of pyridine rings is 1. The van der Waals surface area contributed by atoms with E-state index in [9.17, 15) is 18.0 Å². The number of hydrogen-bond acceptors (Lipinski definition) is 5. The van der Waals surface area contributed by atoms with Gasteiger partial charge in [-0.25, -0.2) is 4.98 Å². The molecule has 0 amide bonds. The lowest BCUT2D eigenvalue weighted by Crippen LogP contribution is -2.19. The summed E-state index contributed by atoms with van der Waals surface area (Å²) in [6.07, 6.45) is -4.51. The molecule has 0 aromatic carbocycles. The Bertz CT molecular complexity index is 421. The molecule has 94 valence electrons. The van der Waals surface area contributed by atoms with Crippen LogP contribution in [0.5, 0.6) is 11.5 Å². The minimum Gasteiger partial charge on any atom is -0.494 e. The smallest absolute Gasteiger partial charge is 0.494 e. The first-order valence-corrected chi connectivity index (χ1v) is 4.40. The summed E-state index contributed by atoms with van der Waals surface area (Å²) in [5.41, 5.74) is 4.91. The van der Waals surface area contributed by atoms with Crippen molar-refractivity contribution in [1.29, 1.82) is 0 Å². The van der Waals surface area contributed by atoms with Gasteiger partial charge in [0.25, 0.3) is 0 Å². The molecule has 0 spiro atoms. The van der Waals surface area contributed by atoms with Gasteiger partial charge in [-0.1, -0.05) is 0 Å². The largest absolute Gasteiger partial charge is 0.573 e. The lowest BCUT2D eigenvalue weighted by Gasteiger charge is -2.13. The van der Waals surface area contributed by atoms with Crippen LogP contribution in [0.1, 0.15) is 16.2 Å². The number of aromatic nitrogens is 1. The van der Waals surface area contributed by atoms with E-state index in [4.69, 9.17) is 10.5 Å². The topological polar surface area (TPSA) is 74.4 Å². The Kier molecular flexibility index (Phi) is 3.89. The molecule has 17 heavy (non-hydrogen) atoms. The number of methoxy groups -OCH3 is 1. The van der Waals surface area contributed by atoms with Crippen LogP contribution in [0, 0.1) is 0 Å². The Morgan fingerprint density at radius 2 is 2.12 bits per heavy atom. The van der Waals surface area contributed by atoms with Crippen molar-refractivity contribution >= 4 is 6.29 Å². The number of ether oxygens (including phenoxy) is 2. The van der Waals surface area contributed by atoms with Gasteiger partial charge in [-0.3, -0.25) is 4.79 Å². The molecule has 0 fully saturated rings. The molecule has 0 saturated heterocycles. The van der Waals surface area contributed by atoms with E-state index in [1.807, 2.05) is 0 Å². The molecule has 0 aliphatic heterocycles. The first-order chi connectivity index (χ1) is 7.91. The predicted octanol–water partition coefficient (Wildman–Crippen LogP) is 1.26. The molecule has 1 rings (SSSR count). The van der Waals surface area contributed by atoms with E-state index in [0.717, 1.165) is 6.07 Å². The van der Waals surface area contributed by atoms with Gasteiger partial charge < -0.3 is 15.2 Å². The van der Waals surface area contributed by atoms with Crippen LogP contribution in [0.25, 0.3) is 0 Å². The summed E-state index contributed by atoms with van der Waals surface area (Å²) in [6, 6.07) is 0.923. The van der Waals surface area contributed by atoms with Gasteiger partial charge in [-0.2, -0.15) is 0 Å². The average molecular weight is 250 g/mol. The Morgan fingerprint density at radius 3 is 2.53 bits per heavy atom. The zero-order valence-electron chi connectivity index (χ0n) is 8.75. The van der Waals surface area contributed by atoms with E-state index in [2.05, 4.69) is 9.72 Å². The van der Waals surface area contributed by atoms with E-state index in [1.54, 1.807) is 0 Å². The Balaban J connectivity index is 3.23. The second-order valence-electron chi connectivity index (χ2n) is 2.89. The van der Waals surface area contributed by atoms with Gasteiger partial charge >= 0.3 is 6.36 Å². The zero-order valence-corrected chi connectivity index (χ0v) is 8.75. The number of aldehydes is 1. The molecule has 0 unspecified atom stereocenters. The summed E-state index contributed by atoms with van der Waals surface area (Å²) < 4.78 is 44.7. The molecule has 0 atom stereocenters. The fourth-order valence-corrected chi connectivity index (χ4v) is 1.14. The minimum atomic E-state index is -4.86. The number of nitrogens with two attached hydrogens (primary N) is 1. The third-order valence-corrected chi connectivity index (χ3v) is 1.81. The van der Waals surface area contributed by atoms with Gasteiger partial charge in [-0.05, 0) is 0 Å². The molecule has 0 radical (unpaired) electrons. The van der Waals surface area contributed by atoms with Crippen LogP contribution in [-0.2, 0) is 6.54 Å². The molecular weight excluding hydrogens is 241 g/mol. The number of nitrogens with zero attached hydrogens (tertiary/aromatic N) is 1. The minimum absolute atomic E-state index is 0.114. The summed E-state index contributed by atoms with van der Waals surface area (Å²) in [4.78, 5) is 14.2. The summed E-state index contributed by atoms with van der Waals surface area (Å²) in [5.74, 6) is -0.695. The van der Waals surface area contributed by atoms with Crippen LogP contribution in [0.4, 0.5) is 13.2 Å². The number of alkyl halides is 3. The third kappa shape index (κ3) is 3.31. The molecule has 1 aromatic rings. The van der Waals surface area contributed by atoms with Crippen LogP contribution < -0.4 is 15.2 Å². The van der Waals surface area contributed by atoms with Gasteiger partial charge in [0.1, 0.15) is 5.69 Å². The van der Waals surface area contributed by atoms with Crippen molar-refractivity contribution in [1.82, 2.24) is 4.98 Å². The van der Waals surface area contributed by atoms with E-state index in [-0.39, 0.29) is 23.7 Å². The SMILES string of the molecule is COc1cc(OC(F)(F)F)c(CN)nc1C=O. The molecule has 0 bridgehead atoms. The lowest BCUT2D eigenvalue weighted by molar-refractivity contribution is -0.275. The second kappa shape index (κ2) is 5.00. The normalized spacial score (nSPS) is 11.1. The van der Waals surface area contributed by atoms with Crippen molar-refractivity contribution in [2.45, 2.75) is 12.9 Å². The van der Waals surface area contributed by atoms with Gasteiger partial charge in [0.2, 0.25) is 0 Å². The van der Waals surface area contributed by atoms with Gasteiger partial charge in [-0.15, -0.1) is 13.2 Å². The number of rotatable bonds is 4. The van der Waals surface area contributed by atoms with Crippen LogP contribution in [-0.4, -0.2) is 24.7 Å². The van der Waals surface area contributed by atoms with Crippen molar-refractivity contribution in [3.63, 3.8) is 0 Å². The number of carbonyl (C=O) groups excluding carboxylic acids is 1. The molecule has 8 heteroatoms. The van der Waals surface area contributed by atoms with E-state index < -0.39 is 12.1 Å². The molecule has 1 heterocycles. The van der Waals surface area contributed by atoms with Crippen molar-refractivity contribution in [3.8, 4) is 11.5 Å². The van der Waals surface area contributed by atoms with Crippen LogP contribution >= 0.6 is 0 Å². The van der Waals surface area contributed by atoms with Gasteiger partial charge in [0.05, 0.1) is 12.8 Å². The van der Waals surface area contributed by atoms with Crippen LogP contribution in [0.3, 0.4) is 0 Å². The summed E-state index contributed by atoms with van der Waals surface area (Å²) in [5, 5.41) is 0. The molecule has 0 aliphatic carbocycles. The average Bonchev–Trinajstić information content (AvgIpc) is 2.26. The van der Waals surface area contributed by atoms with Gasteiger partial charge in [0.15, 0.2) is 17.8 Å². The second-order valence-corrected chi connectivity index (χ2v) is 2.89. The number of carbonyl (C=O) groups is 1. The maximum Gasteiger partial charge on any atom is 0.573 e. The molecule has 0 aliphatic rings. The maximum absolute atomic E-state index is 12.1. The maximum atomic E-state index is 12.1. The Labute approximate surface area is 94.3 Å². The van der Waals surface area contributed by atoms with E-state index in [1.165, 1.54) is 7.11 Å². The highest BCUT2D eigenvalue weighted by Crippen LogP contribution is 2.30. The van der Waals surface area contributed by atoms with E-state index >= 15 is 0 Å². The molecule has 5 nitrogen and oxygen atoms in total. The molecule has 1 aromatic heterocycles. The number of halogens is 3. The van der Waals surface area contributed by atoms with Crippen molar-refractivity contribution in [3.05, 3.63) is 17.5 Å². The highest BCUT2D eigenvalue weighted by molar-refractivity contribution is 5.77. The first-order valence-electron chi connectivity index (χ1n) is 4.40. The highest BCUT2D eigenvalue weighted by Gasteiger charge is 2.32.